The van der Waals surface area contributed by atoms with E-state index < -0.39 is 0 Å². The Labute approximate surface area is 189 Å². The van der Waals surface area contributed by atoms with E-state index in [-0.39, 0.29) is 5.91 Å². The minimum absolute atomic E-state index is 0.0165. The van der Waals surface area contributed by atoms with Crippen LogP contribution in [0.3, 0.4) is 0 Å². The van der Waals surface area contributed by atoms with Gasteiger partial charge in [-0.25, -0.2) is 4.98 Å². The standard InChI is InChI=1S/C26H31N3OS/c1-20-7-5-6-14-29(20)18-23-12-10-22(11-13-23)17-27-25(30)16-24-19-31-26(28-24)15-21-8-3-2-4-9-21/h2-4,8-13,19-20H,5-7,14-18H2,1H3,(H,27,30). The average Bonchev–Trinajstić information content (AvgIpc) is 3.22. The third-order valence-electron chi connectivity index (χ3n) is 5.98. The molecule has 2 aromatic carbocycles. The number of benzene rings is 2. The monoisotopic (exact) mass is 433 g/mol. The van der Waals surface area contributed by atoms with E-state index in [0.717, 1.165) is 29.2 Å². The van der Waals surface area contributed by atoms with Crippen LogP contribution < -0.4 is 5.32 Å². The van der Waals surface area contributed by atoms with Gasteiger partial charge in [-0.15, -0.1) is 11.3 Å². The van der Waals surface area contributed by atoms with Gasteiger partial charge in [0.1, 0.15) is 0 Å². The summed E-state index contributed by atoms with van der Waals surface area (Å²) in [6.07, 6.45) is 5.11. The maximum Gasteiger partial charge on any atom is 0.226 e. The Balaban J connectivity index is 1.22. The summed E-state index contributed by atoms with van der Waals surface area (Å²) in [6.45, 7) is 5.10. The summed E-state index contributed by atoms with van der Waals surface area (Å²) in [5, 5.41) is 6.07. The molecule has 1 atom stereocenters. The van der Waals surface area contributed by atoms with Crippen molar-refractivity contribution < 1.29 is 4.79 Å². The number of thiazole rings is 1. The Morgan fingerprint density at radius 2 is 1.84 bits per heavy atom. The quantitative estimate of drug-likeness (QED) is 0.546. The first-order chi connectivity index (χ1) is 15.2. The molecule has 1 N–H and O–H groups in total. The number of rotatable bonds is 8. The molecule has 1 saturated heterocycles. The molecule has 1 aromatic heterocycles. The summed E-state index contributed by atoms with van der Waals surface area (Å²) in [4.78, 5) is 19.6. The first-order valence-electron chi connectivity index (χ1n) is 11.2. The molecular weight excluding hydrogens is 402 g/mol. The van der Waals surface area contributed by atoms with Gasteiger partial charge in [-0.05, 0) is 43.0 Å². The molecule has 1 unspecified atom stereocenters. The zero-order chi connectivity index (χ0) is 21.5. The lowest BCUT2D eigenvalue weighted by atomic mass is 10.0. The summed E-state index contributed by atoms with van der Waals surface area (Å²) < 4.78 is 0. The van der Waals surface area contributed by atoms with Crippen molar-refractivity contribution in [2.75, 3.05) is 6.54 Å². The number of aromatic nitrogens is 1. The maximum absolute atomic E-state index is 12.4. The number of nitrogens with one attached hydrogen (secondary N) is 1. The number of amides is 1. The SMILES string of the molecule is CC1CCCCN1Cc1ccc(CNC(=O)Cc2csc(Cc3ccccc3)n2)cc1. The largest absolute Gasteiger partial charge is 0.352 e. The van der Waals surface area contributed by atoms with Gasteiger partial charge >= 0.3 is 0 Å². The van der Waals surface area contributed by atoms with Crippen molar-refractivity contribution in [3.8, 4) is 0 Å². The molecular formula is C26H31N3OS. The van der Waals surface area contributed by atoms with Crippen LogP contribution in [0.1, 0.15) is 53.6 Å². The van der Waals surface area contributed by atoms with Crippen LogP contribution in [0, 0.1) is 0 Å². The van der Waals surface area contributed by atoms with Gasteiger partial charge in [-0.1, -0.05) is 61.0 Å². The van der Waals surface area contributed by atoms with E-state index in [1.165, 1.54) is 36.9 Å². The number of hydrogen-bond acceptors (Lipinski definition) is 4. The highest BCUT2D eigenvalue weighted by molar-refractivity contribution is 7.09. The van der Waals surface area contributed by atoms with Crippen molar-refractivity contribution in [2.45, 2.75) is 58.2 Å². The molecule has 0 aliphatic carbocycles. The van der Waals surface area contributed by atoms with Gasteiger partial charge in [-0.3, -0.25) is 9.69 Å². The third kappa shape index (κ3) is 6.49. The second kappa shape index (κ2) is 10.7. The van der Waals surface area contributed by atoms with Crippen LogP contribution in [-0.4, -0.2) is 28.4 Å². The lowest BCUT2D eigenvalue weighted by Gasteiger charge is -2.33. The van der Waals surface area contributed by atoms with Crippen LogP contribution in [0.25, 0.3) is 0 Å². The van der Waals surface area contributed by atoms with E-state index in [9.17, 15) is 4.79 Å². The molecule has 162 valence electrons. The van der Waals surface area contributed by atoms with Gasteiger partial charge in [0.15, 0.2) is 0 Å². The molecule has 0 spiro atoms. The number of likely N-dealkylation sites (tertiary alicyclic amines) is 1. The lowest BCUT2D eigenvalue weighted by molar-refractivity contribution is -0.120. The fourth-order valence-electron chi connectivity index (χ4n) is 4.10. The van der Waals surface area contributed by atoms with Gasteiger partial charge in [0.25, 0.3) is 0 Å². The molecule has 3 aromatic rings. The van der Waals surface area contributed by atoms with Crippen molar-refractivity contribution in [3.05, 3.63) is 87.4 Å². The number of nitrogens with zero attached hydrogens (tertiary/aromatic N) is 2. The van der Waals surface area contributed by atoms with Crippen LogP contribution in [0.15, 0.2) is 60.0 Å². The van der Waals surface area contributed by atoms with Crippen molar-refractivity contribution in [2.24, 2.45) is 0 Å². The summed E-state index contributed by atoms with van der Waals surface area (Å²) >= 11 is 1.62. The van der Waals surface area contributed by atoms with Crippen LogP contribution in [-0.2, 0) is 30.7 Å². The minimum Gasteiger partial charge on any atom is -0.352 e. The molecule has 0 radical (unpaired) electrons. The molecule has 31 heavy (non-hydrogen) atoms. The van der Waals surface area contributed by atoms with Gasteiger partial charge < -0.3 is 5.32 Å². The molecule has 1 aliphatic rings. The van der Waals surface area contributed by atoms with Gasteiger partial charge in [0.05, 0.1) is 17.1 Å². The minimum atomic E-state index is 0.0165. The van der Waals surface area contributed by atoms with Crippen LogP contribution >= 0.6 is 11.3 Å². The summed E-state index contributed by atoms with van der Waals surface area (Å²) in [5.41, 5.74) is 4.56. The Kier molecular flexibility index (Phi) is 7.49. The fraction of sp³-hybridized carbons (Fsp3) is 0.385. The van der Waals surface area contributed by atoms with E-state index >= 15 is 0 Å². The number of piperidine rings is 1. The first-order valence-corrected chi connectivity index (χ1v) is 12.1. The Morgan fingerprint density at radius 3 is 2.61 bits per heavy atom. The third-order valence-corrected chi connectivity index (χ3v) is 6.88. The second-order valence-electron chi connectivity index (χ2n) is 8.48. The smallest absolute Gasteiger partial charge is 0.226 e. The van der Waals surface area contributed by atoms with Gasteiger partial charge in [0.2, 0.25) is 5.91 Å². The Morgan fingerprint density at radius 1 is 1.06 bits per heavy atom. The van der Waals surface area contributed by atoms with E-state index in [0.29, 0.717) is 19.0 Å². The van der Waals surface area contributed by atoms with Crippen molar-refractivity contribution >= 4 is 17.2 Å². The summed E-state index contributed by atoms with van der Waals surface area (Å²) in [5.74, 6) is 0.0165. The van der Waals surface area contributed by atoms with Crippen LogP contribution in [0.5, 0.6) is 0 Å². The molecule has 1 fully saturated rings. The van der Waals surface area contributed by atoms with Crippen molar-refractivity contribution in [1.29, 1.82) is 0 Å². The van der Waals surface area contributed by atoms with E-state index in [1.54, 1.807) is 11.3 Å². The molecule has 5 heteroatoms. The maximum atomic E-state index is 12.4. The Bertz CT molecular complexity index is 968. The number of hydrogen-bond donors (Lipinski definition) is 1. The normalized spacial score (nSPS) is 16.9. The van der Waals surface area contributed by atoms with Gasteiger partial charge in [-0.2, -0.15) is 0 Å². The lowest BCUT2D eigenvalue weighted by Crippen LogP contribution is -2.36. The van der Waals surface area contributed by atoms with E-state index in [4.69, 9.17) is 0 Å². The average molecular weight is 434 g/mol. The highest BCUT2D eigenvalue weighted by atomic mass is 32.1. The zero-order valence-corrected chi connectivity index (χ0v) is 19.0. The van der Waals surface area contributed by atoms with E-state index in [2.05, 4.69) is 58.5 Å². The Hall–Kier alpha value is -2.50. The number of carbonyl (C=O) groups excluding carboxylic acids is 1. The zero-order valence-electron chi connectivity index (χ0n) is 18.2. The fourth-order valence-corrected chi connectivity index (χ4v) is 4.93. The summed E-state index contributed by atoms with van der Waals surface area (Å²) in [6, 6.07) is 19.6. The molecule has 1 aliphatic heterocycles. The first kappa shape index (κ1) is 21.7. The topological polar surface area (TPSA) is 45.2 Å². The molecule has 4 nitrogen and oxygen atoms in total. The summed E-state index contributed by atoms with van der Waals surface area (Å²) in [7, 11) is 0. The molecule has 4 rings (SSSR count). The van der Waals surface area contributed by atoms with Crippen molar-refractivity contribution in [3.63, 3.8) is 0 Å². The highest BCUT2D eigenvalue weighted by Gasteiger charge is 2.18. The van der Waals surface area contributed by atoms with Crippen LogP contribution in [0.4, 0.5) is 0 Å². The predicted octanol–water partition coefficient (Wildman–Crippen LogP) is 4.97. The highest BCUT2D eigenvalue weighted by Crippen LogP contribution is 2.19. The van der Waals surface area contributed by atoms with Crippen molar-refractivity contribution in [1.82, 2.24) is 15.2 Å². The molecule has 2 heterocycles. The molecule has 0 bridgehead atoms. The van der Waals surface area contributed by atoms with Crippen LogP contribution in [0.2, 0.25) is 0 Å². The van der Waals surface area contributed by atoms with E-state index in [1.807, 2.05) is 23.6 Å². The molecule has 1 amide bonds. The molecule has 0 saturated carbocycles. The predicted molar refractivity (Wildman–Crippen MR) is 127 cm³/mol. The second-order valence-corrected chi connectivity index (χ2v) is 9.42. The number of carbonyl (C=O) groups is 1. The van der Waals surface area contributed by atoms with Gasteiger partial charge in [0, 0.05) is 30.9 Å².